The number of benzene rings is 3. The fraction of sp³-hybridized carbons (Fsp3) is 0.444. The highest BCUT2D eigenvalue weighted by molar-refractivity contribution is 5.95. The van der Waals surface area contributed by atoms with Gasteiger partial charge in [-0.25, -0.2) is 9.78 Å². The molecular weight excluding hydrogens is 707 g/mol. The van der Waals surface area contributed by atoms with Crippen molar-refractivity contribution in [1.82, 2.24) is 25.1 Å². The standard InChI is InChI=1S/C45H57N5O6/c1-31-22-24-49(25-23-31)41(52)39(36-20-18-35(19-21-36)34-16-12-9-13-17-34)50-27-37(46-30-50)26-32(2)40(51)38(29-55-28-33-14-10-8-11-15-33)47-42(53)45(6,7)48-43(54)56-44(3,4)5/h8-21,27,30-32,38-39H,22-26,28-29H2,1-7H3,(H,47,53)(H,48,54)/t32?,38-,39?/m1/s1. The first-order chi connectivity index (χ1) is 26.6. The van der Waals surface area contributed by atoms with Crippen LogP contribution in [0.15, 0.2) is 97.5 Å². The third kappa shape index (κ3) is 11.6. The van der Waals surface area contributed by atoms with Gasteiger partial charge in [0.1, 0.15) is 23.2 Å². The largest absolute Gasteiger partial charge is 0.444 e. The number of alkyl carbamates (subject to hydrolysis) is 1. The molecule has 1 saturated heterocycles. The first kappa shape index (κ1) is 41.9. The average molecular weight is 764 g/mol. The van der Waals surface area contributed by atoms with Gasteiger partial charge in [0.05, 0.1) is 25.2 Å². The molecule has 0 radical (unpaired) electrons. The molecule has 0 bridgehead atoms. The summed E-state index contributed by atoms with van der Waals surface area (Å²) in [7, 11) is 0. The number of imidazole rings is 1. The number of aromatic nitrogens is 2. The van der Waals surface area contributed by atoms with Crippen LogP contribution in [0.4, 0.5) is 4.79 Å². The molecule has 11 nitrogen and oxygen atoms in total. The highest BCUT2D eigenvalue weighted by atomic mass is 16.6. The minimum absolute atomic E-state index is 0.0124. The number of ketones is 1. The van der Waals surface area contributed by atoms with Crippen LogP contribution in [0.5, 0.6) is 0 Å². The molecule has 2 N–H and O–H groups in total. The molecule has 3 aromatic carbocycles. The molecule has 5 rings (SSSR count). The van der Waals surface area contributed by atoms with Crippen molar-refractivity contribution in [2.24, 2.45) is 11.8 Å². The molecule has 11 heteroatoms. The molecule has 4 aromatic rings. The van der Waals surface area contributed by atoms with E-state index in [9.17, 15) is 19.2 Å². The maximum atomic E-state index is 14.2. The lowest BCUT2D eigenvalue weighted by molar-refractivity contribution is -0.135. The van der Waals surface area contributed by atoms with Gasteiger partial charge in [0.2, 0.25) is 11.8 Å². The number of rotatable bonds is 15. The van der Waals surface area contributed by atoms with E-state index in [4.69, 9.17) is 9.47 Å². The molecule has 0 saturated carbocycles. The quantitative estimate of drug-likeness (QED) is 0.132. The summed E-state index contributed by atoms with van der Waals surface area (Å²) in [6, 6.07) is 26.1. The van der Waals surface area contributed by atoms with Crippen LogP contribution in [0.1, 0.15) is 84.2 Å². The summed E-state index contributed by atoms with van der Waals surface area (Å²) in [5, 5.41) is 5.45. The van der Waals surface area contributed by atoms with E-state index in [2.05, 4.69) is 34.7 Å². The molecule has 1 aliphatic rings. The molecule has 2 heterocycles. The zero-order chi connectivity index (χ0) is 40.5. The maximum Gasteiger partial charge on any atom is 0.408 e. The Morgan fingerprint density at radius 2 is 1.46 bits per heavy atom. The lowest BCUT2D eigenvalue weighted by Gasteiger charge is -2.33. The summed E-state index contributed by atoms with van der Waals surface area (Å²) < 4.78 is 13.2. The van der Waals surface area contributed by atoms with E-state index in [1.54, 1.807) is 47.9 Å². The number of ether oxygens (including phenoxy) is 2. The van der Waals surface area contributed by atoms with Gasteiger partial charge < -0.3 is 29.6 Å². The fourth-order valence-corrected chi connectivity index (χ4v) is 6.73. The Morgan fingerprint density at radius 1 is 0.857 bits per heavy atom. The van der Waals surface area contributed by atoms with Crippen LogP contribution in [-0.4, -0.2) is 75.0 Å². The summed E-state index contributed by atoms with van der Waals surface area (Å²) in [5.41, 5.74) is 2.42. The van der Waals surface area contributed by atoms with E-state index in [-0.39, 0.29) is 31.3 Å². The highest BCUT2D eigenvalue weighted by Gasteiger charge is 2.36. The summed E-state index contributed by atoms with van der Waals surface area (Å²) >= 11 is 0. The molecule has 56 heavy (non-hydrogen) atoms. The molecular formula is C45H57N5O6. The zero-order valence-electron chi connectivity index (χ0n) is 33.8. The second-order valence-corrected chi connectivity index (χ2v) is 16.5. The first-order valence-electron chi connectivity index (χ1n) is 19.5. The van der Waals surface area contributed by atoms with Gasteiger partial charge in [-0.2, -0.15) is 0 Å². The van der Waals surface area contributed by atoms with E-state index in [0.717, 1.165) is 35.1 Å². The van der Waals surface area contributed by atoms with Gasteiger partial charge in [-0.3, -0.25) is 14.4 Å². The first-order valence-corrected chi connectivity index (χ1v) is 19.5. The van der Waals surface area contributed by atoms with Crippen LogP contribution in [0.2, 0.25) is 0 Å². The third-order valence-corrected chi connectivity index (χ3v) is 10.0. The number of nitrogens with zero attached hydrogens (tertiary/aromatic N) is 3. The van der Waals surface area contributed by atoms with Crippen molar-refractivity contribution in [2.45, 2.75) is 97.6 Å². The lowest BCUT2D eigenvalue weighted by atomic mass is 9.94. The SMILES string of the molecule is CC1CCN(C(=O)C(c2ccc(-c3ccccc3)cc2)n2cnc(CC(C)C(=O)[C@@H](COCc3ccccc3)NC(=O)C(C)(C)NC(=O)OC(C)(C)C)c2)CC1. The Hall–Kier alpha value is -5.29. The number of hydrogen-bond donors (Lipinski definition) is 2. The van der Waals surface area contributed by atoms with E-state index >= 15 is 0 Å². The Balaban J connectivity index is 1.33. The summed E-state index contributed by atoms with van der Waals surface area (Å²) in [6.07, 6.45) is 4.95. The molecule has 0 spiro atoms. The number of Topliss-reactive ketones (excluding diaryl/α,β-unsaturated/α-hetero) is 1. The number of nitrogens with one attached hydrogen (secondary N) is 2. The third-order valence-electron chi connectivity index (χ3n) is 10.0. The number of piperidine rings is 1. The van der Waals surface area contributed by atoms with Crippen molar-refractivity contribution in [3.05, 3.63) is 114 Å². The van der Waals surface area contributed by atoms with Crippen LogP contribution in [0.25, 0.3) is 11.1 Å². The number of carbonyl (C=O) groups excluding carboxylic acids is 4. The number of carbonyl (C=O) groups is 4. The molecule has 0 aliphatic carbocycles. The molecule has 2 unspecified atom stereocenters. The van der Waals surface area contributed by atoms with Gasteiger partial charge in [-0.05, 0) is 75.6 Å². The Kier molecular flexibility index (Phi) is 13.9. The minimum atomic E-state index is -1.39. The Morgan fingerprint density at radius 3 is 2.09 bits per heavy atom. The molecule has 3 amide bonds. The summed E-state index contributed by atoms with van der Waals surface area (Å²) in [4.78, 5) is 61.1. The van der Waals surface area contributed by atoms with Gasteiger partial charge in [0, 0.05) is 31.6 Å². The maximum absolute atomic E-state index is 14.2. The average Bonchev–Trinajstić information content (AvgIpc) is 3.61. The normalized spacial score (nSPS) is 15.4. The van der Waals surface area contributed by atoms with E-state index in [1.807, 2.05) is 88.5 Å². The topological polar surface area (TPSA) is 132 Å². The number of amides is 3. The summed E-state index contributed by atoms with van der Waals surface area (Å²) in [5.74, 6) is -0.799. The monoisotopic (exact) mass is 763 g/mol. The number of hydrogen-bond acceptors (Lipinski definition) is 7. The number of likely N-dealkylation sites (tertiary alicyclic amines) is 1. The van der Waals surface area contributed by atoms with E-state index in [1.165, 1.54) is 0 Å². The van der Waals surface area contributed by atoms with Crippen molar-refractivity contribution >= 4 is 23.7 Å². The Labute approximate surface area is 331 Å². The minimum Gasteiger partial charge on any atom is -0.444 e. The van der Waals surface area contributed by atoms with Gasteiger partial charge >= 0.3 is 6.09 Å². The fourth-order valence-electron chi connectivity index (χ4n) is 6.73. The Bertz CT molecular complexity index is 1910. The van der Waals surface area contributed by atoms with Crippen molar-refractivity contribution < 1.29 is 28.7 Å². The van der Waals surface area contributed by atoms with Crippen molar-refractivity contribution in [1.29, 1.82) is 0 Å². The molecule has 1 aliphatic heterocycles. The highest BCUT2D eigenvalue weighted by Crippen LogP contribution is 2.28. The molecule has 298 valence electrons. The van der Waals surface area contributed by atoms with Crippen molar-refractivity contribution in [2.75, 3.05) is 19.7 Å². The van der Waals surface area contributed by atoms with Crippen molar-refractivity contribution in [3.8, 4) is 11.1 Å². The smallest absolute Gasteiger partial charge is 0.408 e. The van der Waals surface area contributed by atoms with Crippen LogP contribution < -0.4 is 10.6 Å². The summed E-state index contributed by atoms with van der Waals surface area (Å²) in [6.45, 7) is 13.9. The van der Waals surface area contributed by atoms with Gasteiger partial charge in [-0.1, -0.05) is 98.8 Å². The molecule has 3 atom stereocenters. The van der Waals surface area contributed by atoms with Crippen molar-refractivity contribution in [3.63, 3.8) is 0 Å². The van der Waals surface area contributed by atoms with Gasteiger partial charge in [0.25, 0.3) is 0 Å². The van der Waals surface area contributed by atoms with Crippen LogP contribution in [-0.2, 0) is 36.9 Å². The van der Waals surface area contributed by atoms with E-state index < -0.39 is 41.1 Å². The molecule has 1 aromatic heterocycles. The predicted molar refractivity (Wildman–Crippen MR) is 217 cm³/mol. The predicted octanol–water partition coefficient (Wildman–Crippen LogP) is 7.15. The van der Waals surface area contributed by atoms with Crippen LogP contribution in [0, 0.1) is 11.8 Å². The second kappa shape index (κ2) is 18.6. The van der Waals surface area contributed by atoms with Crippen LogP contribution in [0.3, 0.4) is 0 Å². The lowest BCUT2D eigenvalue weighted by Crippen LogP contribution is -2.59. The molecule has 1 fully saturated rings. The van der Waals surface area contributed by atoms with Gasteiger partial charge in [-0.15, -0.1) is 0 Å². The van der Waals surface area contributed by atoms with E-state index in [0.29, 0.717) is 24.7 Å². The zero-order valence-corrected chi connectivity index (χ0v) is 33.8. The van der Waals surface area contributed by atoms with Gasteiger partial charge in [0.15, 0.2) is 5.78 Å². The van der Waals surface area contributed by atoms with Crippen LogP contribution >= 0.6 is 0 Å². The second-order valence-electron chi connectivity index (χ2n) is 16.5.